The maximum atomic E-state index is 10.4. The first-order chi connectivity index (χ1) is 9.79. The number of hydrogen-bond acceptors (Lipinski definition) is 4. The van der Waals surface area contributed by atoms with E-state index in [4.69, 9.17) is 15.9 Å². The zero-order valence-corrected chi connectivity index (χ0v) is 12.6. The van der Waals surface area contributed by atoms with Crippen molar-refractivity contribution in [3.63, 3.8) is 0 Å². The van der Waals surface area contributed by atoms with Crippen LogP contribution in [0.15, 0.2) is 30.3 Å². The molecule has 1 rings (SSSR count). The highest BCUT2D eigenvalue weighted by Crippen LogP contribution is 2.01. The average molecular weight is 296 g/mol. The van der Waals surface area contributed by atoms with Gasteiger partial charge in [-0.15, -0.1) is 0 Å². The van der Waals surface area contributed by atoms with E-state index in [2.05, 4.69) is 5.32 Å². The van der Waals surface area contributed by atoms with E-state index in [1.54, 1.807) is 7.05 Å². The third-order valence-corrected chi connectivity index (χ3v) is 2.86. The first-order valence-electron chi connectivity index (χ1n) is 6.72. The Morgan fingerprint density at radius 3 is 1.95 bits per heavy atom. The smallest absolute Gasteiger partial charge is 0.320 e. The van der Waals surface area contributed by atoms with Crippen molar-refractivity contribution in [1.29, 1.82) is 0 Å². The number of rotatable bonds is 6. The molecule has 1 aromatic carbocycles. The fraction of sp³-hybridized carbons (Fsp3) is 0.467. The van der Waals surface area contributed by atoms with Crippen LogP contribution in [0.1, 0.15) is 19.4 Å². The van der Waals surface area contributed by atoms with Crippen LogP contribution in [-0.2, 0) is 16.0 Å². The first-order valence-corrected chi connectivity index (χ1v) is 6.72. The van der Waals surface area contributed by atoms with Crippen LogP contribution >= 0.6 is 0 Å². The van der Waals surface area contributed by atoms with Crippen molar-refractivity contribution in [3.8, 4) is 0 Å². The highest BCUT2D eigenvalue weighted by molar-refractivity contribution is 5.73. The third kappa shape index (κ3) is 8.06. The summed E-state index contributed by atoms with van der Waals surface area (Å²) in [6.45, 7) is 3.74. The number of hydrogen-bond donors (Lipinski definition) is 4. The SMILES string of the molecule is CN[C@H](C(=O)O)C(C)C.N[C@H](Cc1ccccc1)C(=O)O. The van der Waals surface area contributed by atoms with Crippen molar-refractivity contribution in [1.82, 2.24) is 5.32 Å². The number of likely N-dealkylation sites (N-methyl/N-ethyl adjacent to an activating group) is 1. The molecule has 0 unspecified atom stereocenters. The molecule has 0 spiro atoms. The number of carboxylic acid groups (broad SMARTS) is 2. The Balaban J connectivity index is 0.000000400. The number of carbonyl (C=O) groups is 2. The van der Waals surface area contributed by atoms with Crippen LogP contribution in [0.5, 0.6) is 0 Å². The van der Waals surface area contributed by atoms with Gasteiger partial charge in [-0.25, -0.2) is 0 Å². The Bertz CT molecular complexity index is 435. The summed E-state index contributed by atoms with van der Waals surface area (Å²) in [6, 6.07) is 8.13. The molecule has 1 aromatic rings. The number of nitrogens with two attached hydrogens (primary N) is 1. The van der Waals surface area contributed by atoms with E-state index in [-0.39, 0.29) is 5.92 Å². The minimum atomic E-state index is -0.959. The molecule has 0 aliphatic heterocycles. The quantitative estimate of drug-likeness (QED) is 0.622. The van der Waals surface area contributed by atoms with Gasteiger partial charge in [0.25, 0.3) is 0 Å². The van der Waals surface area contributed by atoms with Crippen LogP contribution in [0.4, 0.5) is 0 Å². The molecular weight excluding hydrogens is 272 g/mol. The van der Waals surface area contributed by atoms with Crippen LogP contribution < -0.4 is 11.1 Å². The van der Waals surface area contributed by atoms with Gasteiger partial charge in [0, 0.05) is 0 Å². The second kappa shape index (κ2) is 9.90. The predicted octanol–water partition coefficient (Wildman–Crippen LogP) is 0.956. The maximum Gasteiger partial charge on any atom is 0.320 e. The summed E-state index contributed by atoms with van der Waals surface area (Å²) in [5, 5.41) is 19.7. The van der Waals surface area contributed by atoms with E-state index in [0.29, 0.717) is 6.42 Å². The van der Waals surface area contributed by atoms with Crippen LogP contribution in [0, 0.1) is 5.92 Å². The van der Waals surface area contributed by atoms with E-state index in [1.165, 1.54) is 0 Å². The zero-order chi connectivity index (χ0) is 16.4. The van der Waals surface area contributed by atoms with Gasteiger partial charge >= 0.3 is 11.9 Å². The molecule has 2 atom stereocenters. The van der Waals surface area contributed by atoms with Crippen molar-refractivity contribution < 1.29 is 19.8 Å². The fourth-order valence-corrected chi connectivity index (χ4v) is 1.70. The summed E-state index contributed by atoms with van der Waals surface area (Å²) in [5.74, 6) is -1.60. The van der Waals surface area contributed by atoms with Gasteiger partial charge in [-0.1, -0.05) is 44.2 Å². The summed E-state index contributed by atoms with van der Waals surface area (Å²) in [6.07, 6.45) is 0.385. The predicted molar refractivity (Wildman–Crippen MR) is 81.1 cm³/mol. The number of nitrogens with one attached hydrogen (secondary N) is 1. The van der Waals surface area contributed by atoms with Gasteiger partial charge < -0.3 is 21.3 Å². The lowest BCUT2D eigenvalue weighted by atomic mass is 10.1. The van der Waals surface area contributed by atoms with Crippen molar-refractivity contribution >= 4 is 11.9 Å². The molecular formula is C15H24N2O4. The molecule has 5 N–H and O–H groups in total. The Morgan fingerprint density at radius 2 is 1.67 bits per heavy atom. The standard InChI is InChI=1S/C9H11NO2.C6H13NO2/c10-8(9(11)12)6-7-4-2-1-3-5-7;1-4(2)5(7-3)6(8)9/h1-5,8H,6,10H2,(H,11,12);4-5,7H,1-3H3,(H,8,9)/t8-;5-/m10/s1. The second-order valence-corrected chi connectivity index (χ2v) is 4.98. The summed E-state index contributed by atoms with van der Waals surface area (Å²) in [4.78, 5) is 20.7. The third-order valence-electron chi connectivity index (χ3n) is 2.86. The largest absolute Gasteiger partial charge is 0.480 e. The molecule has 0 aliphatic rings. The van der Waals surface area contributed by atoms with Gasteiger partial charge in [-0.3, -0.25) is 9.59 Å². The molecule has 0 saturated carbocycles. The van der Waals surface area contributed by atoms with E-state index in [1.807, 2.05) is 44.2 Å². The van der Waals surface area contributed by atoms with Crippen LogP contribution in [-0.4, -0.2) is 41.3 Å². The van der Waals surface area contributed by atoms with Gasteiger partial charge in [-0.2, -0.15) is 0 Å². The van der Waals surface area contributed by atoms with E-state index in [0.717, 1.165) is 5.56 Å². The van der Waals surface area contributed by atoms with Crippen molar-refractivity contribution in [2.45, 2.75) is 32.4 Å². The maximum absolute atomic E-state index is 10.4. The molecule has 0 saturated heterocycles. The number of aliphatic carboxylic acids is 2. The number of carboxylic acids is 2. The van der Waals surface area contributed by atoms with Gasteiger partial charge in [0.2, 0.25) is 0 Å². The highest BCUT2D eigenvalue weighted by Gasteiger charge is 2.17. The molecule has 0 heterocycles. The van der Waals surface area contributed by atoms with Gasteiger partial charge in [0.05, 0.1) is 0 Å². The van der Waals surface area contributed by atoms with E-state index in [9.17, 15) is 9.59 Å². The molecule has 118 valence electrons. The van der Waals surface area contributed by atoms with E-state index < -0.39 is 24.0 Å². The van der Waals surface area contributed by atoms with Crippen molar-refractivity contribution in [2.24, 2.45) is 11.7 Å². The molecule has 0 bridgehead atoms. The van der Waals surface area contributed by atoms with Crippen molar-refractivity contribution in [2.75, 3.05) is 7.05 Å². The van der Waals surface area contributed by atoms with Gasteiger partial charge in [-0.05, 0) is 24.9 Å². The molecule has 0 fully saturated rings. The monoisotopic (exact) mass is 296 g/mol. The lowest BCUT2D eigenvalue weighted by Crippen LogP contribution is -2.38. The minimum Gasteiger partial charge on any atom is -0.480 e. The average Bonchev–Trinajstić information content (AvgIpc) is 2.40. The topological polar surface area (TPSA) is 113 Å². The minimum absolute atomic E-state index is 0.146. The van der Waals surface area contributed by atoms with Gasteiger partial charge in [0.15, 0.2) is 0 Å². The highest BCUT2D eigenvalue weighted by atomic mass is 16.4. The van der Waals surface area contributed by atoms with Crippen molar-refractivity contribution in [3.05, 3.63) is 35.9 Å². The lowest BCUT2D eigenvalue weighted by molar-refractivity contribution is -0.140. The normalized spacial score (nSPS) is 13.0. The van der Waals surface area contributed by atoms with Crippen LogP contribution in [0.2, 0.25) is 0 Å². The summed E-state index contributed by atoms with van der Waals surface area (Å²) >= 11 is 0. The van der Waals surface area contributed by atoms with E-state index >= 15 is 0 Å². The molecule has 21 heavy (non-hydrogen) atoms. The summed E-state index contributed by atoms with van der Waals surface area (Å²) in [7, 11) is 1.65. The number of benzene rings is 1. The van der Waals surface area contributed by atoms with Crippen LogP contribution in [0.25, 0.3) is 0 Å². The van der Waals surface area contributed by atoms with Crippen LogP contribution in [0.3, 0.4) is 0 Å². The molecule has 6 heteroatoms. The summed E-state index contributed by atoms with van der Waals surface area (Å²) < 4.78 is 0. The molecule has 0 aromatic heterocycles. The summed E-state index contributed by atoms with van der Waals surface area (Å²) in [5.41, 5.74) is 6.30. The molecule has 0 amide bonds. The second-order valence-electron chi connectivity index (χ2n) is 4.98. The molecule has 0 radical (unpaired) electrons. The Labute approximate surface area is 125 Å². The fourth-order valence-electron chi connectivity index (χ4n) is 1.70. The lowest BCUT2D eigenvalue weighted by Gasteiger charge is -2.13. The first kappa shape index (κ1) is 19.1. The molecule has 0 aliphatic carbocycles. The van der Waals surface area contributed by atoms with Gasteiger partial charge in [0.1, 0.15) is 12.1 Å². The molecule has 6 nitrogen and oxygen atoms in total. The Hall–Kier alpha value is -1.92. The Morgan fingerprint density at radius 1 is 1.14 bits per heavy atom. The zero-order valence-electron chi connectivity index (χ0n) is 12.6. The Kier molecular flexibility index (Phi) is 9.00.